The Morgan fingerprint density at radius 1 is 1.43 bits per heavy atom. The number of hydrogen-bond donors (Lipinski definition) is 2. The normalized spacial score (nSPS) is 19.6. The van der Waals surface area contributed by atoms with Crippen molar-refractivity contribution in [2.75, 3.05) is 0 Å². The van der Waals surface area contributed by atoms with E-state index in [1.807, 2.05) is 0 Å². The number of carbonyl (C=O) groups is 1. The summed E-state index contributed by atoms with van der Waals surface area (Å²) in [6.45, 7) is 3.35. The molecule has 0 aliphatic heterocycles. The van der Waals surface area contributed by atoms with Gasteiger partial charge in [-0.2, -0.15) is 0 Å². The van der Waals surface area contributed by atoms with Gasteiger partial charge in [0, 0.05) is 0 Å². The van der Waals surface area contributed by atoms with Crippen LogP contribution in [0.2, 0.25) is 0 Å². The maximum atomic E-state index is 11.4. The lowest BCUT2D eigenvalue weighted by Crippen LogP contribution is -2.45. The van der Waals surface area contributed by atoms with Gasteiger partial charge in [0.15, 0.2) is 0 Å². The van der Waals surface area contributed by atoms with Gasteiger partial charge in [0.25, 0.3) is 0 Å². The summed E-state index contributed by atoms with van der Waals surface area (Å²) >= 11 is 0. The summed E-state index contributed by atoms with van der Waals surface area (Å²) in [5.74, 6) is -1.37. The Morgan fingerprint density at radius 3 is 2.21 bits per heavy atom. The molecule has 1 fully saturated rings. The monoisotopic (exact) mass is 221 g/mol. The molecule has 1 atom stereocenters. The molecular formula is C8H15NO4S. The Labute approximate surface area is 83.6 Å². The van der Waals surface area contributed by atoms with Crippen LogP contribution in [0, 0.1) is 5.92 Å². The zero-order valence-corrected chi connectivity index (χ0v) is 9.04. The average molecular weight is 221 g/mol. The number of sulfonamides is 1. The topological polar surface area (TPSA) is 83.5 Å². The summed E-state index contributed by atoms with van der Waals surface area (Å²) in [4.78, 5) is 10.7. The second-order valence-corrected chi connectivity index (χ2v) is 5.91. The molecule has 14 heavy (non-hydrogen) atoms. The van der Waals surface area contributed by atoms with Gasteiger partial charge in [-0.05, 0) is 18.8 Å². The number of aliphatic carboxylic acids is 1. The largest absolute Gasteiger partial charge is 0.480 e. The minimum atomic E-state index is -3.41. The molecule has 0 radical (unpaired) electrons. The molecule has 0 aromatic carbocycles. The van der Waals surface area contributed by atoms with Crippen molar-refractivity contribution in [3.8, 4) is 0 Å². The van der Waals surface area contributed by atoms with E-state index in [0.717, 1.165) is 0 Å². The Balaban J connectivity index is 2.68. The van der Waals surface area contributed by atoms with Gasteiger partial charge in [-0.1, -0.05) is 13.8 Å². The number of hydrogen-bond acceptors (Lipinski definition) is 3. The van der Waals surface area contributed by atoms with Gasteiger partial charge >= 0.3 is 5.97 Å². The fourth-order valence-electron chi connectivity index (χ4n) is 1.12. The zero-order valence-electron chi connectivity index (χ0n) is 8.23. The summed E-state index contributed by atoms with van der Waals surface area (Å²) in [5.41, 5.74) is 0. The minimum Gasteiger partial charge on any atom is -0.480 e. The van der Waals surface area contributed by atoms with Crippen LogP contribution in [-0.2, 0) is 14.8 Å². The lowest BCUT2D eigenvalue weighted by Gasteiger charge is -2.17. The van der Waals surface area contributed by atoms with E-state index in [-0.39, 0.29) is 11.2 Å². The first-order valence-electron chi connectivity index (χ1n) is 4.58. The number of carboxylic acids is 1. The van der Waals surface area contributed by atoms with Crippen LogP contribution in [0.5, 0.6) is 0 Å². The van der Waals surface area contributed by atoms with Gasteiger partial charge in [-0.15, -0.1) is 0 Å². The molecule has 0 spiro atoms. The highest BCUT2D eigenvalue weighted by Gasteiger charge is 2.38. The summed E-state index contributed by atoms with van der Waals surface area (Å²) in [7, 11) is -3.41. The molecule has 82 valence electrons. The predicted octanol–water partition coefficient (Wildman–Crippen LogP) is 0.177. The highest BCUT2D eigenvalue weighted by atomic mass is 32.2. The molecule has 1 rings (SSSR count). The van der Waals surface area contributed by atoms with Gasteiger partial charge in [-0.25, -0.2) is 13.1 Å². The van der Waals surface area contributed by atoms with E-state index < -0.39 is 22.0 Å². The lowest BCUT2D eigenvalue weighted by atomic mass is 10.1. The van der Waals surface area contributed by atoms with Crippen molar-refractivity contribution in [3.63, 3.8) is 0 Å². The molecular weight excluding hydrogens is 206 g/mol. The molecule has 1 saturated carbocycles. The first kappa shape index (κ1) is 11.5. The highest BCUT2D eigenvalue weighted by Crippen LogP contribution is 2.28. The Bertz CT molecular complexity index is 318. The Hall–Kier alpha value is -0.620. The van der Waals surface area contributed by atoms with Crippen molar-refractivity contribution in [1.82, 2.24) is 4.72 Å². The molecule has 1 aliphatic rings. The van der Waals surface area contributed by atoms with Gasteiger partial charge in [0.1, 0.15) is 6.04 Å². The van der Waals surface area contributed by atoms with Gasteiger partial charge in [0.2, 0.25) is 10.0 Å². The van der Waals surface area contributed by atoms with E-state index in [9.17, 15) is 13.2 Å². The Morgan fingerprint density at radius 2 is 1.93 bits per heavy atom. The van der Waals surface area contributed by atoms with E-state index in [1.54, 1.807) is 13.8 Å². The van der Waals surface area contributed by atoms with Gasteiger partial charge in [0.05, 0.1) is 5.25 Å². The molecule has 0 heterocycles. The van der Waals surface area contributed by atoms with E-state index in [4.69, 9.17) is 5.11 Å². The van der Waals surface area contributed by atoms with Crippen LogP contribution < -0.4 is 4.72 Å². The summed E-state index contributed by atoms with van der Waals surface area (Å²) in [5, 5.41) is 8.41. The predicted molar refractivity (Wildman–Crippen MR) is 51.3 cm³/mol. The van der Waals surface area contributed by atoms with E-state index in [1.165, 1.54) is 0 Å². The van der Waals surface area contributed by atoms with Crippen LogP contribution in [-0.4, -0.2) is 30.8 Å². The molecule has 0 unspecified atom stereocenters. The average Bonchev–Trinajstić information content (AvgIpc) is 2.80. The van der Waals surface area contributed by atoms with Crippen LogP contribution in [0.25, 0.3) is 0 Å². The van der Waals surface area contributed by atoms with Crippen molar-refractivity contribution < 1.29 is 18.3 Å². The molecule has 2 N–H and O–H groups in total. The number of rotatable bonds is 5. The van der Waals surface area contributed by atoms with Crippen molar-refractivity contribution in [1.29, 1.82) is 0 Å². The molecule has 0 saturated heterocycles. The summed E-state index contributed by atoms with van der Waals surface area (Å²) in [6, 6.07) is -1.01. The van der Waals surface area contributed by atoms with Gasteiger partial charge in [-0.3, -0.25) is 4.79 Å². The van der Waals surface area contributed by atoms with Crippen LogP contribution >= 0.6 is 0 Å². The van der Waals surface area contributed by atoms with Crippen molar-refractivity contribution in [3.05, 3.63) is 0 Å². The molecule has 0 aromatic rings. The second-order valence-electron chi connectivity index (χ2n) is 3.92. The smallest absolute Gasteiger partial charge is 0.321 e. The van der Waals surface area contributed by atoms with Crippen LogP contribution in [0.1, 0.15) is 26.7 Å². The second kappa shape index (κ2) is 3.86. The van der Waals surface area contributed by atoms with Crippen LogP contribution in [0.15, 0.2) is 0 Å². The maximum Gasteiger partial charge on any atom is 0.321 e. The van der Waals surface area contributed by atoms with Crippen molar-refractivity contribution in [2.45, 2.75) is 38.0 Å². The summed E-state index contributed by atoms with van der Waals surface area (Å²) < 4.78 is 25.1. The molecule has 0 bridgehead atoms. The molecule has 1 aliphatic carbocycles. The fraction of sp³-hybridized carbons (Fsp3) is 0.875. The molecule has 0 amide bonds. The summed E-state index contributed by atoms with van der Waals surface area (Å²) in [6.07, 6.45) is 1.28. The van der Waals surface area contributed by atoms with Gasteiger partial charge < -0.3 is 5.11 Å². The van der Waals surface area contributed by atoms with Crippen molar-refractivity contribution >= 4 is 16.0 Å². The van der Waals surface area contributed by atoms with Crippen LogP contribution in [0.3, 0.4) is 0 Å². The Kier molecular flexibility index (Phi) is 3.16. The first-order chi connectivity index (χ1) is 6.34. The number of nitrogens with one attached hydrogen (secondary N) is 1. The number of carboxylic acid groups (broad SMARTS) is 1. The molecule has 5 nitrogen and oxygen atoms in total. The third-order valence-corrected chi connectivity index (χ3v) is 4.12. The minimum absolute atomic E-state index is 0.249. The van der Waals surface area contributed by atoms with Crippen LogP contribution in [0.4, 0.5) is 0 Å². The van der Waals surface area contributed by atoms with E-state index in [2.05, 4.69) is 4.72 Å². The third kappa shape index (κ3) is 2.68. The fourth-order valence-corrected chi connectivity index (χ4v) is 2.80. The molecule has 0 aromatic heterocycles. The quantitative estimate of drug-likeness (QED) is 0.693. The van der Waals surface area contributed by atoms with Crippen molar-refractivity contribution in [2.24, 2.45) is 5.92 Å². The highest BCUT2D eigenvalue weighted by molar-refractivity contribution is 7.90. The van der Waals surface area contributed by atoms with E-state index in [0.29, 0.717) is 12.8 Å². The lowest BCUT2D eigenvalue weighted by molar-refractivity contribution is -0.140. The zero-order chi connectivity index (χ0) is 10.9. The third-order valence-electron chi connectivity index (χ3n) is 2.19. The first-order valence-corrected chi connectivity index (χ1v) is 6.13. The SMILES string of the molecule is CC(C)[C@@H](NS(=O)(=O)C1CC1)C(=O)O. The standard InChI is InChI=1S/C8H15NO4S/c1-5(2)7(8(10)11)9-14(12,13)6-3-4-6/h5-7,9H,3-4H2,1-2H3,(H,10,11)/t7-/m1/s1. The van der Waals surface area contributed by atoms with E-state index >= 15 is 0 Å². The molecule has 6 heteroatoms. The maximum absolute atomic E-state index is 11.4.